The summed E-state index contributed by atoms with van der Waals surface area (Å²) in [6.45, 7) is -2.94. The number of para-hydroxylation sites is 1. The predicted molar refractivity (Wildman–Crippen MR) is 87.3 cm³/mol. The van der Waals surface area contributed by atoms with Crippen molar-refractivity contribution in [2.24, 2.45) is 0 Å². The third kappa shape index (κ3) is 4.49. The third-order valence-electron chi connectivity index (χ3n) is 3.09. The molecule has 0 saturated carbocycles. The van der Waals surface area contributed by atoms with Crippen LogP contribution in [0.25, 0.3) is 0 Å². The van der Waals surface area contributed by atoms with E-state index in [0.29, 0.717) is 5.56 Å². The van der Waals surface area contributed by atoms with Crippen molar-refractivity contribution in [1.82, 2.24) is 5.32 Å². The van der Waals surface area contributed by atoms with Crippen molar-refractivity contribution in [3.8, 4) is 11.5 Å². The van der Waals surface area contributed by atoms with Crippen molar-refractivity contribution < 1.29 is 23.0 Å². The average molecular weight is 376 g/mol. The summed E-state index contributed by atoms with van der Waals surface area (Å²) in [4.78, 5) is 12.2. The summed E-state index contributed by atoms with van der Waals surface area (Å²) >= 11 is 12.0. The molecule has 1 amide bonds. The molecule has 1 N–H and O–H groups in total. The number of carbonyl (C=O) groups excluding carboxylic acids is 1. The maximum absolute atomic E-state index is 12.4. The molecule has 8 heteroatoms. The summed E-state index contributed by atoms with van der Waals surface area (Å²) in [5.74, 6) is -0.197. The lowest BCUT2D eigenvalue weighted by molar-refractivity contribution is -0.0504. The first kappa shape index (κ1) is 18.3. The molecule has 0 aliphatic rings. The van der Waals surface area contributed by atoms with Crippen molar-refractivity contribution in [1.29, 1.82) is 0 Å². The lowest BCUT2D eigenvalue weighted by atomic mass is 10.1. The molecule has 4 nitrogen and oxygen atoms in total. The standard InChI is InChI=1S/C16H13Cl2F2NO3/c1-23-14-11(17)6-10(7-12(14)18)15(22)21-8-9-4-2-3-5-13(9)24-16(19)20/h2-7,16H,8H2,1H3,(H,21,22). The molecule has 2 aromatic rings. The molecule has 0 spiro atoms. The maximum Gasteiger partial charge on any atom is 0.387 e. The Bertz CT molecular complexity index is 718. The van der Waals surface area contributed by atoms with Gasteiger partial charge in [-0.1, -0.05) is 41.4 Å². The van der Waals surface area contributed by atoms with Gasteiger partial charge < -0.3 is 14.8 Å². The van der Waals surface area contributed by atoms with Crippen LogP contribution in [0.1, 0.15) is 15.9 Å². The highest BCUT2D eigenvalue weighted by Crippen LogP contribution is 2.33. The molecule has 0 saturated heterocycles. The zero-order valence-electron chi connectivity index (χ0n) is 12.5. The Hall–Kier alpha value is -2.05. The Kier molecular flexibility index (Phi) is 6.23. The molecule has 128 valence electrons. The summed E-state index contributed by atoms with van der Waals surface area (Å²) in [6.07, 6.45) is 0. The molecule has 0 heterocycles. The van der Waals surface area contributed by atoms with E-state index in [-0.39, 0.29) is 33.7 Å². The number of methoxy groups -OCH3 is 1. The monoisotopic (exact) mass is 375 g/mol. The first-order valence-electron chi connectivity index (χ1n) is 6.76. The molecule has 0 radical (unpaired) electrons. The molecular weight excluding hydrogens is 363 g/mol. The molecule has 0 aliphatic heterocycles. The fraction of sp³-hybridized carbons (Fsp3) is 0.188. The SMILES string of the molecule is COc1c(Cl)cc(C(=O)NCc2ccccc2OC(F)F)cc1Cl. The van der Waals surface area contributed by atoms with E-state index in [0.717, 1.165) is 0 Å². The second-order valence-electron chi connectivity index (χ2n) is 4.64. The van der Waals surface area contributed by atoms with Crippen LogP contribution in [0.15, 0.2) is 36.4 Å². The normalized spacial score (nSPS) is 10.6. The molecule has 0 fully saturated rings. The van der Waals surface area contributed by atoms with Crippen molar-refractivity contribution in [2.45, 2.75) is 13.2 Å². The van der Waals surface area contributed by atoms with Gasteiger partial charge >= 0.3 is 6.61 Å². The molecule has 0 unspecified atom stereocenters. The van der Waals surface area contributed by atoms with Crippen molar-refractivity contribution >= 4 is 29.1 Å². The van der Waals surface area contributed by atoms with Crippen molar-refractivity contribution in [2.75, 3.05) is 7.11 Å². The second kappa shape index (κ2) is 8.17. The van der Waals surface area contributed by atoms with Crippen LogP contribution in [0.3, 0.4) is 0 Å². The van der Waals surface area contributed by atoms with Gasteiger partial charge in [-0.15, -0.1) is 0 Å². The largest absolute Gasteiger partial charge is 0.494 e. The van der Waals surface area contributed by atoms with Crippen molar-refractivity contribution in [3.05, 3.63) is 57.6 Å². The minimum Gasteiger partial charge on any atom is -0.494 e. The van der Waals surface area contributed by atoms with Crippen LogP contribution in [0.2, 0.25) is 10.0 Å². The van der Waals surface area contributed by atoms with E-state index >= 15 is 0 Å². The molecule has 24 heavy (non-hydrogen) atoms. The third-order valence-corrected chi connectivity index (χ3v) is 3.65. The van der Waals surface area contributed by atoms with Crippen LogP contribution in [0, 0.1) is 0 Å². The van der Waals surface area contributed by atoms with Crippen LogP contribution < -0.4 is 14.8 Å². The number of ether oxygens (including phenoxy) is 2. The number of halogens is 4. The Morgan fingerprint density at radius 3 is 2.42 bits per heavy atom. The van der Waals surface area contributed by atoms with Crippen LogP contribution in [0.5, 0.6) is 11.5 Å². The lowest BCUT2D eigenvalue weighted by Crippen LogP contribution is -2.23. The fourth-order valence-corrected chi connectivity index (χ4v) is 2.67. The lowest BCUT2D eigenvalue weighted by Gasteiger charge is -2.12. The van der Waals surface area contributed by atoms with Gasteiger partial charge in [0.1, 0.15) is 5.75 Å². The number of carbonyl (C=O) groups is 1. The minimum atomic E-state index is -2.94. The van der Waals surface area contributed by atoms with Gasteiger partial charge in [0.15, 0.2) is 5.75 Å². The van der Waals surface area contributed by atoms with E-state index in [1.54, 1.807) is 18.2 Å². The van der Waals surface area contributed by atoms with Gasteiger partial charge in [-0.2, -0.15) is 8.78 Å². The zero-order chi connectivity index (χ0) is 17.7. The molecule has 0 atom stereocenters. The number of alkyl halides is 2. The quantitative estimate of drug-likeness (QED) is 0.806. The number of nitrogens with one attached hydrogen (secondary N) is 1. The van der Waals surface area contributed by atoms with Gasteiger partial charge in [0.2, 0.25) is 0 Å². The molecule has 0 bridgehead atoms. The van der Waals surface area contributed by atoms with E-state index in [4.69, 9.17) is 27.9 Å². The first-order chi connectivity index (χ1) is 11.4. The van der Waals surface area contributed by atoms with Gasteiger partial charge in [-0.3, -0.25) is 4.79 Å². The van der Waals surface area contributed by atoms with Crippen molar-refractivity contribution in [3.63, 3.8) is 0 Å². The van der Waals surface area contributed by atoms with Crippen LogP contribution in [0.4, 0.5) is 8.78 Å². The summed E-state index contributed by atoms with van der Waals surface area (Å²) in [5.41, 5.74) is 0.634. The number of hydrogen-bond donors (Lipinski definition) is 1. The minimum absolute atomic E-state index is 0.00130. The Balaban J connectivity index is 2.12. The molecule has 0 aliphatic carbocycles. The smallest absolute Gasteiger partial charge is 0.387 e. The first-order valence-corrected chi connectivity index (χ1v) is 7.52. The topological polar surface area (TPSA) is 47.6 Å². The molecule has 2 rings (SSSR count). The maximum atomic E-state index is 12.4. The van der Waals surface area contributed by atoms with Gasteiger partial charge in [0.25, 0.3) is 5.91 Å². The number of amides is 1. The fourth-order valence-electron chi connectivity index (χ4n) is 2.02. The Morgan fingerprint density at radius 2 is 1.83 bits per heavy atom. The van der Waals surface area contributed by atoms with Gasteiger partial charge in [-0.25, -0.2) is 0 Å². The molecule has 0 aromatic heterocycles. The molecular formula is C16H13Cl2F2NO3. The van der Waals surface area contributed by atoms with E-state index < -0.39 is 12.5 Å². The number of rotatable bonds is 6. The summed E-state index contributed by atoms with van der Waals surface area (Å²) in [7, 11) is 1.41. The predicted octanol–water partition coefficient (Wildman–Crippen LogP) is 4.53. The van der Waals surface area contributed by atoms with E-state index in [1.165, 1.54) is 25.3 Å². The second-order valence-corrected chi connectivity index (χ2v) is 5.46. The summed E-state index contributed by atoms with van der Waals surface area (Å²) in [5, 5.41) is 2.98. The van der Waals surface area contributed by atoms with E-state index in [2.05, 4.69) is 10.1 Å². The summed E-state index contributed by atoms with van der Waals surface area (Å²) < 4.78 is 34.2. The molecule has 2 aromatic carbocycles. The zero-order valence-corrected chi connectivity index (χ0v) is 14.0. The van der Waals surface area contributed by atoms with E-state index in [9.17, 15) is 13.6 Å². The Morgan fingerprint density at radius 1 is 1.21 bits per heavy atom. The average Bonchev–Trinajstić information content (AvgIpc) is 2.53. The van der Waals surface area contributed by atoms with Crippen LogP contribution in [-0.4, -0.2) is 19.6 Å². The van der Waals surface area contributed by atoms with Gasteiger partial charge in [0.05, 0.1) is 17.2 Å². The number of benzene rings is 2. The summed E-state index contributed by atoms with van der Waals surface area (Å²) in [6, 6.07) is 9.00. The number of hydrogen-bond acceptors (Lipinski definition) is 3. The van der Waals surface area contributed by atoms with Gasteiger partial charge in [0, 0.05) is 17.7 Å². The highest BCUT2D eigenvalue weighted by molar-refractivity contribution is 6.37. The van der Waals surface area contributed by atoms with E-state index in [1.807, 2.05) is 0 Å². The van der Waals surface area contributed by atoms with Gasteiger partial charge in [-0.05, 0) is 18.2 Å². The highest BCUT2D eigenvalue weighted by Gasteiger charge is 2.14. The Labute approximate surface area is 147 Å². The highest BCUT2D eigenvalue weighted by atomic mass is 35.5. The van der Waals surface area contributed by atoms with Crippen LogP contribution in [-0.2, 0) is 6.54 Å². The van der Waals surface area contributed by atoms with Crippen LogP contribution >= 0.6 is 23.2 Å².